The molecular weight excluding hydrogens is 252 g/mol. The van der Waals surface area contributed by atoms with Crippen LogP contribution in [-0.4, -0.2) is 42.3 Å². The second kappa shape index (κ2) is 9.76. The number of terminal acetylenes is 1. The number of amides is 2. The maximum atomic E-state index is 11.3. The summed E-state index contributed by atoms with van der Waals surface area (Å²) in [5.41, 5.74) is 0. The molecule has 0 saturated carbocycles. The van der Waals surface area contributed by atoms with E-state index in [1.165, 1.54) is 0 Å². The average Bonchev–Trinajstić information content (AvgIpc) is 2.34. The number of esters is 1. The number of urea groups is 1. The predicted octanol–water partition coefficient (Wildman–Crippen LogP) is 0.105. The van der Waals surface area contributed by atoms with Crippen molar-refractivity contribution in [1.82, 2.24) is 10.6 Å². The Labute approximate surface area is 111 Å². The highest BCUT2D eigenvalue weighted by Crippen LogP contribution is 1.93. The molecule has 0 bridgehead atoms. The summed E-state index contributed by atoms with van der Waals surface area (Å²) in [6.45, 7) is 2.27. The zero-order valence-corrected chi connectivity index (χ0v) is 10.8. The van der Waals surface area contributed by atoms with E-state index >= 15 is 0 Å². The van der Waals surface area contributed by atoms with E-state index in [1.54, 1.807) is 6.92 Å². The van der Waals surface area contributed by atoms with Crippen LogP contribution in [0.3, 0.4) is 0 Å². The Morgan fingerprint density at radius 1 is 1.42 bits per heavy atom. The van der Waals surface area contributed by atoms with E-state index in [0.29, 0.717) is 13.0 Å². The third kappa shape index (κ3) is 8.49. The summed E-state index contributed by atoms with van der Waals surface area (Å²) < 4.78 is 4.71. The number of ether oxygens (including phenoxy) is 1. The lowest BCUT2D eigenvalue weighted by Gasteiger charge is -2.12. The Bertz CT molecular complexity index is 362. The molecule has 3 N–H and O–H groups in total. The first-order valence-corrected chi connectivity index (χ1v) is 5.87. The van der Waals surface area contributed by atoms with Crippen molar-refractivity contribution in [3.05, 3.63) is 0 Å². The van der Waals surface area contributed by atoms with Gasteiger partial charge in [0.2, 0.25) is 0 Å². The average molecular weight is 270 g/mol. The van der Waals surface area contributed by atoms with Gasteiger partial charge in [-0.2, -0.15) is 0 Å². The van der Waals surface area contributed by atoms with Crippen molar-refractivity contribution in [1.29, 1.82) is 0 Å². The lowest BCUT2D eigenvalue weighted by atomic mass is 10.2. The Hall–Kier alpha value is -2.23. The van der Waals surface area contributed by atoms with Gasteiger partial charge in [0.05, 0.1) is 6.61 Å². The number of carbonyl (C=O) groups excluding carboxylic acids is 2. The van der Waals surface area contributed by atoms with Gasteiger partial charge in [-0.25, -0.2) is 9.59 Å². The molecule has 0 aliphatic heterocycles. The van der Waals surface area contributed by atoms with Gasteiger partial charge >= 0.3 is 18.0 Å². The molecule has 19 heavy (non-hydrogen) atoms. The molecule has 0 saturated heterocycles. The van der Waals surface area contributed by atoms with Crippen LogP contribution >= 0.6 is 0 Å². The van der Waals surface area contributed by atoms with Crippen LogP contribution in [0.25, 0.3) is 0 Å². The van der Waals surface area contributed by atoms with Gasteiger partial charge in [0.15, 0.2) is 0 Å². The van der Waals surface area contributed by atoms with Crippen LogP contribution in [0.4, 0.5) is 4.79 Å². The smallest absolute Gasteiger partial charge is 0.327 e. The standard InChI is InChI=1S/C12H18N2O5/c1-3-6-9(11(16)17)14-12(18)13-8-5-7-10(15)19-4-2/h1,9H,4-8H2,2H3,(H,16,17)(H2,13,14,18). The van der Waals surface area contributed by atoms with Crippen molar-refractivity contribution in [2.45, 2.75) is 32.2 Å². The van der Waals surface area contributed by atoms with E-state index in [0.717, 1.165) is 0 Å². The van der Waals surface area contributed by atoms with Crippen molar-refractivity contribution >= 4 is 18.0 Å². The lowest BCUT2D eigenvalue weighted by Crippen LogP contribution is -2.46. The van der Waals surface area contributed by atoms with Crippen LogP contribution < -0.4 is 10.6 Å². The number of aliphatic carboxylic acids is 1. The van der Waals surface area contributed by atoms with Gasteiger partial charge in [0, 0.05) is 19.4 Å². The molecule has 0 spiro atoms. The first-order chi connectivity index (χ1) is 9.01. The fourth-order valence-electron chi connectivity index (χ4n) is 1.20. The molecule has 2 amide bonds. The third-order valence-electron chi connectivity index (χ3n) is 2.07. The Morgan fingerprint density at radius 2 is 2.11 bits per heavy atom. The quantitative estimate of drug-likeness (QED) is 0.330. The van der Waals surface area contributed by atoms with Crippen LogP contribution in [-0.2, 0) is 14.3 Å². The predicted molar refractivity (Wildman–Crippen MR) is 67.3 cm³/mol. The minimum absolute atomic E-state index is 0.0917. The van der Waals surface area contributed by atoms with Crippen molar-refractivity contribution in [3.63, 3.8) is 0 Å². The van der Waals surface area contributed by atoms with E-state index in [4.69, 9.17) is 16.3 Å². The van der Waals surface area contributed by atoms with E-state index in [2.05, 4.69) is 16.6 Å². The first-order valence-electron chi connectivity index (χ1n) is 5.87. The van der Waals surface area contributed by atoms with E-state index in [-0.39, 0.29) is 25.4 Å². The number of rotatable bonds is 8. The summed E-state index contributed by atoms with van der Waals surface area (Å²) in [6, 6.07) is -1.75. The van der Waals surface area contributed by atoms with E-state index < -0.39 is 18.0 Å². The van der Waals surface area contributed by atoms with Crippen molar-refractivity contribution < 1.29 is 24.2 Å². The van der Waals surface area contributed by atoms with Gasteiger partial charge in [0.1, 0.15) is 6.04 Å². The lowest BCUT2D eigenvalue weighted by molar-refractivity contribution is -0.143. The Morgan fingerprint density at radius 3 is 2.63 bits per heavy atom. The van der Waals surface area contributed by atoms with Crippen LogP contribution in [0.2, 0.25) is 0 Å². The second-order valence-electron chi connectivity index (χ2n) is 3.61. The van der Waals surface area contributed by atoms with Crippen LogP contribution in [0.1, 0.15) is 26.2 Å². The largest absolute Gasteiger partial charge is 0.480 e. The molecule has 0 radical (unpaired) electrons. The van der Waals surface area contributed by atoms with Gasteiger partial charge < -0.3 is 20.5 Å². The topological polar surface area (TPSA) is 105 Å². The fourth-order valence-corrected chi connectivity index (χ4v) is 1.20. The summed E-state index contributed by atoms with van der Waals surface area (Å²) in [5, 5.41) is 13.4. The summed E-state index contributed by atoms with van der Waals surface area (Å²) in [7, 11) is 0. The van der Waals surface area contributed by atoms with Gasteiger partial charge in [0.25, 0.3) is 0 Å². The molecule has 0 fully saturated rings. The molecule has 0 heterocycles. The van der Waals surface area contributed by atoms with Gasteiger partial charge in [-0.3, -0.25) is 4.79 Å². The second-order valence-corrected chi connectivity index (χ2v) is 3.61. The molecule has 0 rings (SSSR count). The molecule has 106 valence electrons. The molecule has 0 aromatic heterocycles. The molecule has 0 aromatic rings. The SMILES string of the molecule is C#CCC(NC(=O)NCCCC(=O)OCC)C(=O)O. The van der Waals surface area contributed by atoms with Gasteiger partial charge in [-0.1, -0.05) is 0 Å². The summed E-state index contributed by atoms with van der Waals surface area (Å²) in [5.74, 6) is 0.638. The zero-order valence-electron chi connectivity index (χ0n) is 10.8. The van der Waals surface area contributed by atoms with Crippen molar-refractivity contribution in [3.8, 4) is 12.3 Å². The van der Waals surface area contributed by atoms with E-state index in [1.807, 2.05) is 0 Å². The number of carbonyl (C=O) groups is 3. The highest BCUT2D eigenvalue weighted by atomic mass is 16.5. The third-order valence-corrected chi connectivity index (χ3v) is 2.07. The monoisotopic (exact) mass is 270 g/mol. The minimum Gasteiger partial charge on any atom is -0.480 e. The molecule has 0 aromatic carbocycles. The normalized spacial score (nSPS) is 10.9. The molecule has 0 aliphatic rings. The highest BCUT2D eigenvalue weighted by molar-refractivity contribution is 5.82. The number of hydrogen-bond donors (Lipinski definition) is 3. The maximum absolute atomic E-state index is 11.3. The molecule has 1 unspecified atom stereocenters. The highest BCUT2D eigenvalue weighted by Gasteiger charge is 2.18. The Balaban J connectivity index is 3.83. The van der Waals surface area contributed by atoms with Gasteiger partial charge in [-0.15, -0.1) is 12.3 Å². The van der Waals surface area contributed by atoms with Crippen LogP contribution in [0.15, 0.2) is 0 Å². The molecular formula is C12H18N2O5. The first kappa shape index (κ1) is 16.8. The summed E-state index contributed by atoms with van der Waals surface area (Å²) >= 11 is 0. The van der Waals surface area contributed by atoms with Crippen molar-refractivity contribution in [2.75, 3.05) is 13.2 Å². The number of carboxylic acids is 1. The summed E-state index contributed by atoms with van der Waals surface area (Å²) in [4.78, 5) is 33.0. The molecule has 7 heteroatoms. The van der Waals surface area contributed by atoms with Crippen LogP contribution in [0, 0.1) is 12.3 Å². The Kier molecular flexibility index (Phi) is 8.62. The fraction of sp³-hybridized carbons (Fsp3) is 0.583. The summed E-state index contributed by atoms with van der Waals surface area (Å²) in [6.07, 6.45) is 5.51. The maximum Gasteiger partial charge on any atom is 0.327 e. The molecule has 0 aliphatic carbocycles. The zero-order chi connectivity index (χ0) is 14.7. The number of nitrogens with one attached hydrogen (secondary N) is 2. The van der Waals surface area contributed by atoms with Crippen LogP contribution in [0.5, 0.6) is 0 Å². The van der Waals surface area contributed by atoms with Crippen molar-refractivity contribution in [2.24, 2.45) is 0 Å². The number of hydrogen-bond acceptors (Lipinski definition) is 4. The molecule has 7 nitrogen and oxygen atoms in total. The van der Waals surface area contributed by atoms with Gasteiger partial charge in [-0.05, 0) is 13.3 Å². The molecule has 1 atom stereocenters. The number of carboxylic acid groups (broad SMARTS) is 1. The minimum atomic E-state index is -1.19. The van der Waals surface area contributed by atoms with E-state index in [9.17, 15) is 14.4 Å².